The van der Waals surface area contributed by atoms with E-state index in [1.807, 2.05) is 4.98 Å². The minimum atomic E-state index is -1.41. The van der Waals surface area contributed by atoms with Crippen molar-refractivity contribution in [2.45, 2.75) is 12.5 Å². The average Bonchev–Trinajstić information content (AvgIpc) is 2.56. The van der Waals surface area contributed by atoms with Gasteiger partial charge in [-0.05, 0) is 11.6 Å². The number of carbonyl (C=O) groups excluding carboxylic acids is 1. The fraction of sp³-hybridized carbons (Fsp3) is 0.214. The fourth-order valence-corrected chi connectivity index (χ4v) is 2.08. The first kappa shape index (κ1) is 17.7. The van der Waals surface area contributed by atoms with Crippen LogP contribution in [0.25, 0.3) is 0 Å². The van der Waals surface area contributed by atoms with Gasteiger partial charge in [0.05, 0.1) is 0 Å². The smallest absolute Gasteiger partial charge is 0.405 e. The normalized spacial score (nSPS) is 11.6. The van der Waals surface area contributed by atoms with Gasteiger partial charge in [0.2, 0.25) is 5.91 Å². The first-order chi connectivity index (χ1) is 11.8. The number of nitrogen functional groups attached to an aromatic ring is 1. The van der Waals surface area contributed by atoms with E-state index in [4.69, 9.17) is 10.8 Å². The van der Waals surface area contributed by atoms with Gasteiger partial charge < -0.3 is 21.5 Å². The Morgan fingerprint density at radius 1 is 1.44 bits per heavy atom. The Bertz CT molecular complexity index is 904. The minimum Gasteiger partial charge on any atom is -0.465 e. The topological polar surface area (TPSA) is 172 Å². The Balaban J connectivity index is 2.29. The van der Waals surface area contributed by atoms with Crippen molar-refractivity contribution in [3.05, 3.63) is 50.9 Å². The minimum absolute atomic E-state index is 0.00947. The molecule has 0 spiro atoms. The van der Waals surface area contributed by atoms with Crippen LogP contribution in [0.3, 0.4) is 0 Å². The zero-order chi connectivity index (χ0) is 18.6. The number of rotatable bonds is 5. The molecule has 6 N–H and O–H groups in total. The highest BCUT2D eigenvalue weighted by Gasteiger charge is 2.23. The van der Waals surface area contributed by atoms with Crippen molar-refractivity contribution in [2.24, 2.45) is 7.05 Å². The van der Waals surface area contributed by atoms with Crippen LogP contribution in [-0.4, -0.2) is 37.7 Å². The lowest BCUT2D eigenvalue weighted by atomic mass is 10.1. The largest absolute Gasteiger partial charge is 0.465 e. The molecule has 0 bridgehead atoms. The molecule has 2 aromatic heterocycles. The molecule has 1 atom stereocenters. The van der Waals surface area contributed by atoms with Crippen molar-refractivity contribution in [1.29, 1.82) is 0 Å². The van der Waals surface area contributed by atoms with E-state index in [-0.39, 0.29) is 17.9 Å². The number of H-pyrrole nitrogens is 1. The summed E-state index contributed by atoms with van der Waals surface area (Å²) in [4.78, 5) is 52.5. The number of aromatic nitrogens is 3. The first-order valence-electron chi connectivity index (χ1n) is 7.07. The van der Waals surface area contributed by atoms with Gasteiger partial charge in [-0.2, -0.15) is 0 Å². The molecular formula is C14H16N6O5. The van der Waals surface area contributed by atoms with E-state index in [1.54, 1.807) is 12.1 Å². The maximum absolute atomic E-state index is 12.4. The zero-order valence-corrected chi connectivity index (χ0v) is 13.1. The number of aromatic amines is 1. The summed E-state index contributed by atoms with van der Waals surface area (Å²) in [6.07, 6.45) is 1.62. The quantitative estimate of drug-likeness (QED) is 0.454. The maximum Gasteiger partial charge on any atom is 0.405 e. The number of hydrogen-bond acceptors (Lipinski definition) is 6. The summed E-state index contributed by atoms with van der Waals surface area (Å²) < 4.78 is 0.942. The van der Waals surface area contributed by atoms with Crippen LogP contribution in [0.1, 0.15) is 5.56 Å². The molecule has 11 heteroatoms. The number of amides is 2. The van der Waals surface area contributed by atoms with E-state index in [0.717, 1.165) is 4.57 Å². The van der Waals surface area contributed by atoms with Crippen LogP contribution < -0.4 is 27.6 Å². The summed E-state index contributed by atoms with van der Waals surface area (Å²) in [5.74, 6) is -1.06. The van der Waals surface area contributed by atoms with Gasteiger partial charge in [-0.3, -0.25) is 24.1 Å². The van der Waals surface area contributed by atoms with Gasteiger partial charge >= 0.3 is 11.8 Å². The van der Waals surface area contributed by atoms with Crippen molar-refractivity contribution in [3.63, 3.8) is 0 Å². The lowest BCUT2D eigenvalue weighted by Crippen LogP contribution is -2.46. The number of hydrogen-bond donors (Lipinski definition) is 5. The SMILES string of the molecule is Cn1c(N)c(NC(=O)C(Cc2cccnc2)NC(=O)O)c(=O)[nH]c1=O. The molecule has 0 aliphatic heterocycles. The van der Waals surface area contributed by atoms with Gasteiger partial charge in [0.25, 0.3) is 5.56 Å². The summed E-state index contributed by atoms with van der Waals surface area (Å²) >= 11 is 0. The second kappa shape index (κ2) is 7.29. The number of carboxylic acid groups (broad SMARTS) is 1. The standard InChI is InChI=1S/C14H16N6O5/c1-20-10(15)9(12(22)19-13(20)23)18-11(21)8(17-14(24)25)5-7-3-2-4-16-6-7/h2-4,6,8,17H,5,15H2,1H3,(H,18,21)(H,24,25)(H,19,22,23). The predicted octanol–water partition coefficient (Wildman–Crippen LogP) is -1.13. The Morgan fingerprint density at radius 2 is 2.16 bits per heavy atom. The van der Waals surface area contributed by atoms with Crippen LogP contribution in [-0.2, 0) is 18.3 Å². The molecular weight excluding hydrogens is 332 g/mol. The maximum atomic E-state index is 12.4. The predicted molar refractivity (Wildman–Crippen MR) is 88.2 cm³/mol. The molecule has 0 saturated heterocycles. The van der Waals surface area contributed by atoms with Crippen LogP contribution in [0, 0.1) is 0 Å². The molecule has 0 fully saturated rings. The fourth-order valence-electron chi connectivity index (χ4n) is 2.08. The molecule has 0 saturated carbocycles. The third-order valence-corrected chi connectivity index (χ3v) is 3.39. The molecule has 2 rings (SSSR count). The van der Waals surface area contributed by atoms with Crippen LogP contribution >= 0.6 is 0 Å². The summed E-state index contributed by atoms with van der Waals surface area (Å²) in [5, 5.41) is 13.2. The van der Waals surface area contributed by atoms with E-state index >= 15 is 0 Å². The number of nitrogens with two attached hydrogens (primary N) is 1. The van der Waals surface area contributed by atoms with Crippen LogP contribution in [0.4, 0.5) is 16.3 Å². The van der Waals surface area contributed by atoms with Crippen LogP contribution in [0.5, 0.6) is 0 Å². The number of nitrogens with zero attached hydrogens (tertiary/aromatic N) is 2. The van der Waals surface area contributed by atoms with Crippen molar-refractivity contribution in [3.8, 4) is 0 Å². The second-order valence-corrected chi connectivity index (χ2v) is 5.14. The highest BCUT2D eigenvalue weighted by atomic mass is 16.4. The summed E-state index contributed by atoms with van der Waals surface area (Å²) in [6, 6.07) is 2.11. The lowest BCUT2D eigenvalue weighted by Gasteiger charge is -2.17. The van der Waals surface area contributed by atoms with Crippen molar-refractivity contribution < 1.29 is 14.7 Å². The van der Waals surface area contributed by atoms with Gasteiger partial charge in [-0.25, -0.2) is 9.59 Å². The molecule has 2 amide bonds. The molecule has 0 aliphatic carbocycles. The molecule has 0 aromatic carbocycles. The number of pyridine rings is 1. The van der Waals surface area contributed by atoms with E-state index in [0.29, 0.717) is 5.56 Å². The molecule has 2 aromatic rings. The average molecular weight is 348 g/mol. The Hall–Kier alpha value is -3.63. The molecule has 0 radical (unpaired) electrons. The van der Waals surface area contributed by atoms with E-state index in [2.05, 4.69) is 15.6 Å². The Morgan fingerprint density at radius 3 is 2.76 bits per heavy atom. The summed E-state index contributed by atoms with van der Waals surface area (Å²) in [5.41, 5.74) is 4.32. The third kappa shape index (κ3) is 4.22. The lowest BCUT2D eigenvalue weighted by molar-refractivity contribution is -0.118. The Kier molecular flexibility index (Phi) is 5.17. The van der Waals surface area contributed by atoms with Gasteiger partial charge in [0.1, 0.15) is 17.5 Å². The highest BCUT2D eigenvalue weighted by molar-refractivity contribution is 5.98. The highest BCUT2D eigenvalue weighted by Crippen LogP contribution is 2.10. The monoisotopic (exact) mass is 348 g/mol. The van der Waals surface area contributed by atoms with Crippen molar-refractivity contribution >= 4 is 23.5 Å². The molecule has 132 valence electrons. The molecule has 0 aliphatic rings. The van der Waals surface area contributed by atoms with Gasteiger partial charge in [-0.15, -0.1) is 0 Å². The van der Waals surface area contributed by atoms with Crippen molar-refractivity contribution in [1.82, 2.24) is 19.9 Å². The summed E-state index contributed by atoms with van der Waals surface area (Å²) in [6.45, 7) is 0. The van der Waals surface area contributed by atoms with Crippen LogP contribution in [0.15, 0.2) is 34.1 Å². The van der Waals surface area contributed by atoms with Gasteiger partial charge in [-0.1, -0.05) is 6.07 Å². The van der Waals surface area contributed by atoms with E-state index < -0.39 is 29.3 Å². The molecule has 11 nitrogen and oxygen atoms in total. The van der Waals surface area contributed by atoms with E-state index in [9.17, 15) is 19.2 Å². The summed E-state index contributed by atoms with van der Waals surface area (Å²) in [7, 11) is 1.31. The Labute approximate surface area is 140 Å². The first-order valence-corrected chi connectivity index (χ1v) is 7.07. The van der Waals surface area contributed by atoms with Gasteiger partial charge in [0, 0.05) is 25.9 Å². The number of anilines is 2. The second-order valence-electron chi connectivity index (χ2n) is 5.14. The third-order valence-electron chi connectivity index (χ3n) is 3.39. The molecule has 2 heterocycles. The number of carbonyl (C=O) groups is 2. The molecule has 1 unspecified atom stereocenters. The van der Waals surface area contributed by atoms with E-state index in [1.165, 1.54) is 19.4 Å². The molecule has 25 heavy (non-hydrogen) atoms. The van der Waals surface area contributed by atoms with Crippen LogP contribution in [0.2, 0.25) is 0 Å². The zero-order valence-electron chi connectivity index (χ0n) is 13.1. The van der Waals surface area contributed by atoms with Gasteiger partial charge in [0.15, 0.2) is 0 Å². The number of nitrogens with one attached hydrogen (secondary N) is 3. The van der Waals surface area contributed by atoms with Crippen molar-refractivity contribution in [2.75, 3.05) is 11.1 Å².